The van der Waals surface area contributed by atoms with Crippen LogP contribution in [0.1, 0.15) is 32.1 Å². The number of rotatable bonds is 1. The van der Waals surface area contributed by atoms with Gasteiger partial charge in [0.25, 0.3) is 0 Å². The van der Waals surface area contributed by atoms with Gasteiger partial charge in [-0.05, 0) is 30.9 Å². The number of hydrogen-bond donors (Lipinski definition) is 0. The van der Waals surface area contributed by atoms with Gasteiger partial charge >= 0.3 is 5.97 Å². The third-order valence-corrected chi connectivity index (χ3v) is 2.65. The number of allylic oxidation sites excluding steroid dienone is 2. The fraction of sp³-hybridized carbons (Fsp3) is 0.545. The molecule has 1 heterocycles. The lowest BCUT2D eigenvalue weighted by atomic mass is 9.89. The molecular formula is C11H14O2. The second kappa shape index (κ2) is 3.77. The molecule has 13 heavy (non-hydrogen) atoms. The summed E-state index contributed by atoms with van der Waals surface area (Å²) in [5.41, 5.74) is 0. The van der Waals surface area contributed by atoms with Crippen LogP contribution in [0.4, 0.5) is 0 Å². The molecule has 2 rings (SSSR count). The van der Waals surface area contributed by atoms with Crippen LogP contribution in [-0.4, -0.2) is 5.97 Å². The van der Waals surface area contributed by atoms with Crippen molar-refractivity contribution in [1.29, 1.82) is 0 Å². The molecule has 0 aromatic heterocycles. The Kier molecular flexibility index (Phi) is 2.48. The van der Waals surface area contributed by atoms with E-state index in [0.717, 1.165) is 5.76 Å². The lowest BCUT2D eigenvalue weighted by Gasteiger charge is -2.17. The van der Waals surface area contributed by atoms with Crippen LogP contribution in [-0.2, 0) is 9.53 Å². The Morgan fingerprint density at radius 1 is 1.23 bits per heavy atom. The first-order valence-corrected chi connectivity index (χ1v) is 4.96. The van der Waals surface area contributed by atoms with Crippen LogP contribution in [0, 0.1) is 5.92 Å². The van der Waals surface area contributed by atoms with Gasteiger partial charge in [0.15, 0.2) is 0 Å². The average Bonchev–Trinajstić information content (AvgIpc) is 2.53. The van der Waals surface area contributed by atoms with E-state index in [1.807, 2.05) is 0 Å². The quantitative estimate of drug-likeness (QED) is 0.577. The molecule has 2 nitrogen and oxygen atoms in total. The van der Waals surface area contributed by atoms with Gasteiger partial charge in [-0.1, -0.05) is 19.3 Å². The zero-order valence-corrected chi connectivity index (χ0v) is 7.66. The number of hydrogen-bond acceptors (Lipinski definition) is 2. The van der Waals surface area contributed by atoms with Crippen LogP contribution in [0.3, 0.4) is 0 Å². The van der Waals surface area contributed by atoms with E-state index in [2.05, 4.69) is 6.08 Å². The first kappa shape index (κ1) is 8.54. The highest BCUT2D eigenvalue weighted by Crippen LogP contribution is 2.26. The van der Waals surface area contributed by atoms with E-state index in [9.17, 15) is 4.79 Å². The Hall–Kier alpha value is -1.05. The van der Waals surface area contributed by atoms with Crippen molar-refractivity contribution in [3.05, 3.63) is 24.0 Å². The van der Waals surface area contributed by atoms with Gasteiger partial charge in [0.1, 0.15) is 5.76 Å². The zero-order chi connectivity index (χ0) is 9.10. The summed E-state index contributed by atoms with van der Waals surface area (Å²) < 4.78 is 4.98. The van der Waals surface area contributed by atoms with Crippen molar-refractivity contribution in [2.75, 3.05) is 0 Å². The molecule has 0 N–H and O–H groups in total. The molecule has 1 fully saturated rings. The number of carbonyl (C=O) groups excluding carboxylic acids is 1. The Morgan fingerprint density at radius 3 is 2.62 bits per heavy atom. The van der Waals surface area contributed by atoms with Crippen LogP contribution in [0.5, 0.6) is 0 Å². The number of cyclic esters (lactones) is 1. The molecule has 1 aliphatic heterocycles. The van der Waals surface area contributed by atoms with E-state index < -0.39 is 0 Å². The van der Waals surface area contributed by atoms with Gasteiger partial charge in [-0.15, -0.1) is 0 Å². The maximum Gasteiger partial charge on any atom is 0.336 e. The van der Waals surface area contributed by atoms with Crippen molar-refractivity contribution in [3.8, 4) is 0 Å². The first-order chi connectivity index (χ1) is 6.34. The van der Waals surface area contributed by atoms with Crippen LogP contribution < -0.4 is 0 Å². The van der Waals surface area contributed by atoms with Crippen LogP contribution in [0.25, 0.3) is 0 Å². The Labute approximate surface area is 78.3 Å². The van der Waals surface area contributed by atoms with E-state index >= 15 is 0 Å². The molecular weight excluding hydrogens is 164 g/mol. The summed E-state index contributed by atoms with van der Waals surface area (Å²) in [6, 6.07) is 0. The van der Waals surface area contributed by atoms with E-state index in [0.29, 0.717) is 5.92 Å². The van der Waals surface area contributed by atoms with E-state index in [-0.39, 0.29) is 5.97 Å². The van der Waals surface area contributed by atoms with Crippen molar-refractivity contribution >= 4 is 5.97 Å². The van der Waals surface area contributed by atoms with Gasteiger partial charge < -0.3 is 4.74 Å². The van der Waals surface area contributed by atoms with Gasteiger partial charge in [0, 0.05) is 6.08 Å². The van der Waals surface area contributed by atoms with Crippen molar-refractivity contribution < 1.29 is 9.53 Å². The zero-order valence-electron chi connectivity index (χ0n) is 7.66. The summed E-state index contributed by atoms with van der Waals surface area (Å²) in [6.45, 7) is 0. The largest absolute Gasteiger partial charge is 0.424 e. The summed E-state index contributed by atoms with van der Waals surface area (Å²) in [4.78, 5) is 10.7. The molecule has 0 atom stereocenters. The topological polar surface area (TPSA) is 26.3 Å². The maximum atomic E-state index is 10.7. The molecule has 0 aromatic rings. The summed E-state index contributed by atoms with van der Waals surface area (Å²) in [5, 5.41) is 0. The molecule has 0 unspecified atom stereocenters. The Balaban J connectivity index is 1.95. The lowest BCUT2D eigenvalue weighted by Crippen LogP contribution is -2.04. The molecule has 0 aromatic carbocycles. The highest BCUT2D eigenvalue weighted by atomic mass is 16.5. The summed E-state index contributed by atoms with van der Waals surface area (Å²) >= 11 is 0. The van der Waals surface area contributed by atoms with E-state index in [4.69, 9.17) is 4.74 Å². The van der Waals surface area contributed by atoms with Crippen LogP contribution >= 0.6 is 0 Å². The number of ether oxygens (including phenoxy) is 1. The minimum absolute atomic E-state index is 0.234. The molecule has 2 heteroatoms. The van der Waals surface area contributed by atoms with Gasteiger partial charge in [-0.25, -0.2) is 4.79 Å². The van der Waals surface area contributed by atoms with Gasteiger partial charge in [0.05, 0.1) is 0 Å². The predicted molar refractivity (Wildman–Crippen MR) is 49.9 cm³/mol. The fourth-order valence-electron chi connectivity index (χ4n) is 1.96. The maximum absolute atomic E-state index is 10.7. The van der Waals surface area contributed by atoms with Gasteiger partial charge in [-0.3, -0.25) is 0 Å². The minimum Gasteiger partial charge on any atom is -0.424 e. The monoisotopic (exact) mass is 178 g/mol. The molecule has 0 radical (unpaired) electrons. The SMILES string of the molecule is O=C1C=C/C(=C\C2CCCCC2)O1. The third kappa shape index (κ3) is 2.20. The average molecular weight is 178 g/mol. The van der Waals surface area contributed by atoms with Crippen molar-refractivity contribution in [1.82, 2.24) is 0 Å². The minimum atomic E-state index is -0.234. The molecule has 1 saturated carbocycles. The van der Waals surface area contributed by atoms with Crippen LogP contribution in [0.2, 0.25) is 0 Å². The Morgan fingerprint density at radius 2 is 2.00 bits per heavy atom. The predicted octanol–water partition coefficient (Wildman–Crippen LogP) is 2.56. The van der Waals surface area contributed by atoms with Crippen molar-refractivity contribution in [3.63, 3.8) is 0 Å². The van der Waals surface area contributed by atoms with Gasteiger partial charge in [0.2, 0.25) is 0 Å². The fourth-order valence-corrected chi connectivity index (χ4v) is 1.96. The van der Waals surface area contributed by atoms with Gasteiger partial charge in [-0.2, -0.15) is 0 Å². The molecule has 2 aliphatic rings. The second-order valence-corrected chi connectivity index (χ2v) is 3.72. The standard InChI is InChI=1S/C11H14O2/c12-11-7-6-10(13-11)8-9-4-2-1-3-5-9/h6-9H,1-5H2/b10-8+. The molecule has 0 saturated heterocycles. The lowest BCUT2D eigenvalue weighted by molar-refractivity contribution is -0.132. The summed E-state index contributed by atoms with van der Waals surface area (Å²) in [6.07, 6.45) is 11.8. The van der Waals surface area contributed by atoms with E-state index in [1.54, 1.807) is 6.08 Å². The molecule has 70 valence electrons. The third-order valence-electron chi connectivity index (χ3n) is 2.65. The van der Waals surface area contributed by atoms with Crippen molar-refractivity contribution in [2.45, 2.75) is 32.1 Å². The normalized spacial score (nSPS) is 26.8. The number of carbonyl (C=O) groups is 1. The summed E-state index contributed by atoms with van der Waals surface area (Å²) in [5.74, 6) is 1.14. The Bertz CT molecular complexity index is 257. The molecule has 0 spiro atoms. The smallest absolute Gasteiger partial charge is 0.336 e. The summed E-state index contributed by atoms with van der Waals surface area (Å²) in [7, 11) is 0. The second-order valence-electron chi connectivity index (χ2n) is 3.72. The van der Waals surface area contributed by atoms with Crippen LogP contribution in [0.15, 0.2) is 24.0 Å². The molecule has 0 bridgehead atoms. The van der Waals surface area contributed by atoms with Crippen molar-refractivity contribution in [2.24, 2.45) is 5.92 Å². The van der Waals surface area contributed by atoms with E-state index in [1.165, 1.54) is 38.2 Å². The highest BCUT2D eigenvalue weighted by Gasteiger charge is 2.15. The molecule has 1 aliphatic carbocycles. The number of esters is 1. The first-order valence-electron chi connectivity index (χ1n) is 4.96. The molecule has 0 amide bonds. The highest BCUT2D eigenvalue weighted by molar-refractivity contribution is 5.86.